The molecule has 0 atom stereocenters. The van der Waals surface area contributed by atoms with Crippen molar-refractivity contribution < 1.29 is 18.0 Å². The zero-order chi connectivity index (χ0) is 21.1. The molecule has 0 bridgehead atoms. The Labute approximate surface area is 168 Å². The van der Waals surface area contributed by atoms with Gasteiger partial charge in [-0.1, -0.05) is 36.4 Å². The van der Waals surface area contributed by atoms with Gasteiger partial charge in [-0.2, -0.15) is 13.2 Å². The minimum atomic E-state index is -4.68. The number of anilines is 1. The van der Waals surface area contributed by atoms with E-state index in [1.165, 1.54) is 24.5 Å². The molecular weight excluding hydrogens is 395 g/mol. The molecule has 0 unspecified atom stereocenters. The zero-order valence-corrected chi connectivity index (χ0v) is 15.3. The number of nitrogens with one attached hydrogen (secondary N) is 2. The third-order valence-corrected chi connectivity index (χ3v) is 4.29. The van der Waals surface area contributed by atoms with Crippen LogP contribution in [-0.2, 0) is 6.18 Å². The summed E-state index contributed by atoms with van der Waals surface area (Å²) in [5, 5.41) is 1.59. The fourth-order valence-electron chi connectivity index (χ4n) is 2.90. The molecule has 30 heavy (non-hydrogen) atoms. The number of amides is 1. The van der Waals surface area contributed by atoms with Gasteiger partial charge in [-0.05, 0) is 29.0 Å². The fourth-order valence-corrected chi connectivity index (χ4v) is 2.90. The Kier molecular flexibility index (Phi) is 5.01. The van der Waals surface area contributed by atoms with Crippen molar-refractivity contribution in [2.75, 3.05) is 5.43 Å². The molecule has 0 aliphatic heterocycles. The summed E-state index contributed by atoms with van der Waals surface area (Å²) >= 11 is 0. The maximum atomic E-state index is 13.3. The zero-order valence-electron chi connectivity index (χ0n) is 15.3. The molecule has 0 spiro atoms. The largest absolute Gasteiger partial charge is 0.433 e. The summed E-state index contributed by atoms with van der Waals surface area (Å²) in [4.78, 5) is 24.1. The van der Waals surface area contributed by atoms with E-state index >= 15 is 0 Å². The fraction of sp³-hybridized carbons (Fsp3) is 0.0476. The van der Waals surface area contributed by atoms with Gasteiger partial charge in [0.2, 0.25) is 0 Å². The summed E-state index contributed by atoms with van der Waals surface area (Å²) in [6, 6.07) is 16.2. The van der Waals surface area contributed by atoms with Crippen molar-refractivity contribution in [1.82, 2.24) is 20.4 Å². The molecule has 9 heteroatoms. The highest BCUT2D eigenvalue weighted by Crippen LogP contribution is 2.30. The highest BCUT2D eigenvalue weighted by Gasteiger charge is 2.34. The standard InChI is InChI=1S/C21H14F3N5O/c22-21(23,24)17-12-18(27-19(26-17)14-8-10-25-11-9-14)28-29-20(30)16-7-3-5-13-4-1-2-6-15(13)16/h1-12H,(H,29,30)(H,26,27,28). The van der Waals surface area contributed by atoms with Crippen LogP contribution in [0.15, 0.2) is 73.1 Å². The quantitative estimate of drug-likeness (QED) is 0.486. The second-order valence-electron chi connectivity index (χ2n) is 6.30. The van der Waals surface area contributed by atoms with Crippen LogP contribution in [-0.4, -0.2) is 20.9 Å². The molecule has 0 radical (unpaired) electrons. The monoisotopic (exact) mass is 409 g/mol. The first-order valence-electron chi connectivity index (χ1n) is 8.82. The molecule has 4 aromatic rings. The number of benzene rings is 2. The number of nitrogens with zero attached hydrogens (tertiary/aromatic N) is 3. The smallest absolute Gasteiger partial charge is 0.281 e. The Hall–Kier alpha value is -4.01. The van der Waals surface area contributed by atoms with Gasteiger partial charge in [0.05, 0.1) is 0 Å². The van der Waals surface area contributed by atoms with E-state index in [1.54, 1.807) is 24.3 Å². The lowest BCUT2D eigenvalue weighted by Crippen LogP contribution is -2.30. The normalized spacial score (nSPS) is 11.3. The number of fused-ring (bicyclic) bond motifs is 1. The summed E-state index contributed by atoms with van der Waals surface area (Å²) in [6.45, 7) is 0. The maximum Gasteiger partial charge on any atom is 0.433 e. The van der Waals surface area contributed by atoms with Crippen molar-refractivity contribution in [2.45, 2.75) is 6.18 Å². The maximum absolute atomic E-state index is 13.3. The number of rotatable bonds is 4. The van der Waals surface area contributed by atoms with Gasteiger partial charge in [-0.15, -0.1) is 0 Å². The third kappa shape index (κ3) is 4.04. The van der Waals surface area contributed by atoms with Crippen LogP contribution in [0.3, 0.4) is 0 Å². The van der Waals surface area contributed by atoms with Gasteiger partial charge >= 0.3 is 6.18 Å². The second kappa shape index (κ2) is 7.78. The van der Waals surface area contributed by atoms with E-state index in [9.17, 15) is 18.0 Å². The van der Waals surface area contributed by atoms with Crippen molar-refractivity contribution in [1.29, 1.82) is 0 Å². The number of alkyl halides is 3. The first-order chi connectivity index (χ1) is 14.4. The average molecular weight is 409 g/mol. The lowest BCUT2D eigenvalue weighted by molar-refractivity contribution is -0.141. The highest BCUT2D eigenvalue weighted by molar-refractivity contribution is 6.07. The predicted molar refractivity (Wildman–Crippen MR) is 105 cm³/mol. The lowest BCUT2D eigenvalue weighted by atomic mass is 10.0. The van der Waals surface area contributed by atoms with Crippen LogP contribution in [0.1, 0.15) is 16.1 Å². The van der Waals surface area contributed by atoms with E-state index in [0.717, 1.165) is 16.8 Å². The molecule has 0 fully saturated rings. The first kappa shape index (κ1) is 19.3. The minimum absolute atomic E-state index is 0.144. The van der Waals surface area contributed by atoms with Gasteiger partial charge in [-0.25, -0.2) is 9.97 Å². The highest BCUT2D eigenvalue weighted by atomic mass is 19.4. The Balaban J connectivity index is 1.63. The molecule has 2 aromatic heterocycles. The summed E-state index contributed by atoms with van der Waals surface area (Å²) < 4.78 is 39.9. The Bertz CT molecular complexity index is 1210. The van der Waals surface area contributed by atoms with Gasteiger partial charge in [0.15, 0.2) is 11.5 Å². The number of hydrogen-bond acceptors (Lipinski definition) is 5. The topological polar surface area (TPSA) is 79.8 Å². The van der Waals surface area contributed by atoms with Crippen molar-refractivity contribution in [3.05, 3.63) is 84.3 Å². The van der Waals surface area contributed by atoms with Crippen LogP contribution in [0, 0.1) is 0 Å². The molecule has 2 heterocycles. The molecule has 0 saturated heterocycles. The van der Waals surface area contributed by atoms with Gasteiger partial charge in [0, 0.05) is 29.6 Å². The number of pyridine rings is 1. The molecule has 0 aliphatic rings. The van der Waals surface area contributed by atoms with E-state index < -0.39 is 17.8 Å². The van der Waals surface area contributed by atoms with Crippen LogP contribution in [0.5, 0.6) is 0 Å². The van der Waals surface area contributed by atoms with E-state index in [2.05, 4.69) is 25.8 Å². The third-order valence-electron chi connectivity index (χ3n) is 4.29. The minimum Gasteiger partial charge on any atom is -0.281 e. The Morgan fingerprint density at radius 3 is 2.40 bits per heavy atom. The molecular formula is C21H14F3N5O. The number of carbonyl (C=O) groups excluding carboxylic acids is 1. The summed E-state index contributed by atoms with van der Waals surface area (Å²) in [7, 11) is 0. The Morgan fingerprint density at radius 1 is 0.900 bits per heavy atom. The summed E-state index contributed by atoms with van der Waals surface area (Å²) in [5.74, 6) is -0.851. The van der Waals surface area contributed by atoms with E-state index in [-0.39, 0.29) is 11.6 Å². The average Bonchev–Trinajstić information content (AvgIpc) is 2.77. The van der Waals surface area contributed by atoms with Crippen molar-refractivity contribution in [2.24, 2.45) is 0 Å². The number of aromatic nitrogens is 3. The number of hydrogen-bond donors (Lipinski definition) is 2. The number of carbonyl (C=O) groups is 1. The molecule has 1 amide bonds. The molecule has 6 nitrogen and oxygen atoms in total. The first-order valence-corrected chi connectivity index (χ1v) is 8.82. The van der Waals surface area contributed by atoms with Crippen LogP contribution in [0.4, 0.5) is 19.0 Å². The van der Waals surface area contributed by atoms with E-state index in [4.69, 9.17) is 0 Å². The van der Waals surface area contributed by atoms with Crippen molar-refractivity contribution in [3.8, 4) is 11.4 Å². The van der Waals surface area contributed by atoms with Crippen molar-refractivity contribution in [3.63, 3.8) is 0 Å². The lowest BCUT2D eigenvalue weighted by Gasteiger charge is -2.13. The van der Waals surface area contributed by atoms with Gasteiger partial charge in [0.1, 0.15) is 5.82 Å². The second-order valence-corrected chi connectivity index (χ2v) is 6.30. The van der Waals surface area contributed by atoms with E-state index in [1.807, 2.05) is 18.2 Å². The molecule has 4 rings (SSSR count). The van der Waals surface area contributed by atoms with Crippen LogP contribution < -0.4 is 10.9 Å². The van der Waals surface area contributed by atoms with Gasteiger partial charge in [-0.3, -0.25) is 20.6 Å². The SMILES string of the molecule is O=C(NNc1cc(C(F)(F)F)nc(-c2ccncc2)n1)c1cccc2ccccc12. The Morgan fingerprint density at radius 2 is 1.63 bits per heavy atom. The number of hydrazine groups is 1. The molecule has 2 N–H and O–H groups in total. The molecule has 150 valence electrons. The summed E-state index contributed by atoms with van der Waals surface area (Å²) in [6.07, 6.45) is -1.83. The summed E-state index contributed by atoms with van der Waals surface area (Å²) in [5.41, 5.74) is 4.47. The number of halogens is 3. The van der Waals surface area contributed by atoms with Crippen LogP contribution in [0.25, 0.3) is 22.2 Å². The van der Waals surface area contributed by atoms with Gasteiger partial charge < -0.3 is 0 Å². The molecule has 0 saturated carbocycles. The van der Waals surface area contributed by atoms with E-state index in [0.29, 0.717) is 11.1 Å². The predicted octanol–water partition coefficient (Wildman–Crippen LogP) is 4.47. The molecule has 2 aromatic carbocycles. The van der Waals surface area contributed by atoms with Crippen LogP contribution in [0.2, 0.25) is 0 Å². The van der Waals surface area contributed by atoms with Crippen LogP contribution >= 0.6 is 0 Å². The van der Waals surface area contributed by atoms with Crippen molar-refractivity contribution >= 4 is 22.5 Å². The van der Waals surface area contributed by atoms with Gasteiger partial charge in [0.25, 0.3) is 5.91 Å². The molecule has 0 aliphatic carbocycles.